The Labute approximate surface area is 146 Å². The Morgan fingerprint density at radius 3 is 2.92 bits per heavy atom. The van der Waals surface area contributed by atoms with Gasteiger partial charge < -0.3 is 15.2 Å². The van der Waals surface area contributed by atoms with Gasteiger partial charge in [-0.1, -0.05) is 17.7 Å². The molecule has 0 spiro atoms. The molecule has 0 saturated heterocycles. The summed E-state index contributed by atoms with van der Waals surface area (Å²) in [6.45, 7) is 4.69. The zero-order valence-corrected chi connectivity index (χ0v) is 15.0. The molecule has 2 N–H and O–H groups in total. The number of fused-ring (bicyclic) bond motifs is 1. The number of carbonyl (C=O) groups is 1. The average Bonchev–Trinajstić information content (AvgIpc) is 2.94. The van der Waals surface area contributed by atoms with Crippen molar-refractivity contribution in [1.29, 1.82) is 0 Å². The molecule has 0 fully saturated rings. The summed E-state index contributed by atoms with van der Waals surface area (Å²) in [6, 6.07) is 5.55. The maximum absolute atomic E-state index is 12.4. The fraction of sp³-hybridized carbons (Fsp3) is 0.421. The number of esters is 1. The Morgan fingerprint density at radius 1 is 1.33 bits per heavy atom. The summed E-state index contributed by atoms with van der Waals surface area (Å²) in [5.41, 5.74) is 3.78. The summed E-state index contributed by atoms with van der Waals surface area (Å²) < 4.78 is 5.27. The van der Waals surface area contributed by atoms with E-state index in [0.717, 1.165) is 41.0 Å². The summed E-state index contributed by atoms with van der Waals surface area (Å²) in [6.07, 6.45) is 4.27. The summed E-state index contributed by atoms with van der Waals surface area (Å²) >= 11 is 1.65. The standard InChI is InChI=1S/C19H23NO3S/c1-3-23-19(22)17-14-6-4-5-7-16(14)24-18(17)20-11-13-10-12(2)8-9-15(13)21/h8-10,20-21H,3-7,11H2,1-2H3. The number of phenolic OH excluding ortho intramolecular Hbond substituents is 1. The molecule has 5 heteroatoms. The number of phenols is 1. The van der Waals surface area contributed by atoms with Gasteiger partial charge in [0.1, 0.15) is 10.8 Å². The summed E-state index contributed by atoms with van der Waals surface area (Å²) in [7, 11) is 0. The predicted octanol–water partition coefficient (Wildman–Crippen LogP) is 4.43. The summed E-state index contributed by atoms with van der Waals surface area (Å²) in [5, 5.41) is 14.2. The molecule has 128 valence electrons. The highest BCUT2D eigenvalue weighted by Gasteiger charge is 2.26. The van der Waals surface area contributed by atoms with Crippen LogP contribution in [0.25, 0.3) is 0 Å². The number of nitrogens with one attached hydrogen (secondary N) is 1. The highest BCUT2D eigenvalue weighted by Crippen LogP contribution is 2.39. The van der Waals surface area contributed by atoms with Gasteiger partial charge in [0.25, 0.3) is 0 Å². The molecule has 1 aromatic carbocycles. The molecule has 0 unspecified atom stereocenters. The van der Waals surface area contributed by atoms with E-state index in [1.165, 1.54) is 11.3 Å². The number of benzene rings is 1. The first-order valence-electron chi connectivity index (χ1n) is 8.44. The summed E-state index contributed by atoms with van der Waals surface area (Å²) in [5.74, 6) is 0.0277. The second-order valence-electron chi connectivity index (χ2n) is 6.12. The lowest BCUT2D eigenvalue weighted by atomic mass is 9.95. The van der Waals surface area contributed by atoms with Crippen LogP contribution >= 0.6 is 11.3 Å². The molecule has 4 nitrogen and oxygen atoms in total. The zero-order chi connectivity index (χ0) is 17.1. The lowest BCUT2D eigenvalue weighted by Gasteiger charge is -2.13. The minimum Gasteiger partial charge on any atom is -0.508 e. The monoisotopic (exact) mass is 345 g/mol. The van der Waals surface area contributed by atoms with Crippen molar-refractivity contribution in [2.24, 2.45) is 0 Å². The average molecular weight is 345 g/mol. The minimum atomic E-state index is -0.243. The molecule has 3 rings (SSSR count). The molecule has 0 atom stereocenters. The maximum atomic E-state index is 12.4. The Balaban J connectivity index is 1.88. The third-order valence-corrected chi connectivity index (χ3v) is 5.57. The SMILES string of the molecule is CCOC(=O)c1c(NCc2cc(C)ccc2O)sc2c1CCCC2. The quantitative estimate of drug-likeness (QED) is 0.787. The van der Waals surface area contributed by atoms with Gasteiger partial charge in [-0.2, -0.15) is 0 Å². The van der Waals surface area contributed by atoms with Gasteiger partial charge in [-0.3, -0.25) is 0 Å². The van der Waals surface area contributed by atoms with Crippen molar-refractivity contribution in [3.8, 4) is 5.75 Å². The number of thiophene rings is 1. The third-order valence-electron chi connectivity index (χ3n) is 4.33. The molecule has 0 bridgehead atoms. The van der Waals surface area contributed by atoms with E-state index in [9.17, 15) is 9.90 Å². The van der Waals surface area contributed by atoms with Gasteiger partial charge in [-0.05, 0) is 51.2 Å². The van der Waals surface area contributed by atoms with Crippen LogP contribution in [0.5, 0.6) is 5.75 Å². The second-order valence-corrected chi connectivity index (χ2v) is 7.23. The molecule has 1 aliphatic carbocycles. The number of hydrogen-bond donors (Lipinski definition) is 2. The number of hydrogen-bond acceptors (Lipinski definition) is 5. The molecule has 0 radical (unpaired) electrons. The van der Waals surface area contributed by atoms with Crippen LogP contribution in [-0.4, -0.2) is 17.7 Å². The van der Waals surface area contributed by atoms with Crippen molar-refractivity contribution in [2.45, 2.75) is 46.1 Å². The summed E-state index contributed by atoms with van der Waals surface area (Å²) in [4.78, 5) is 13.7. The van der Waals surface area contributed by atoms with Gasteiger partial charge in [-0.25, -0.2) is 4.79 Å². The number of aryl methyl sites for hydroxylation is 2. The number of ether oxygens (including phenoxy) is 1. The van der Waals surface area contributed by atoms with Crippen LogP contribution in [0.2, 0.25) is 0 Å². The highest BCUT2D eigenvalue weighted by molar-refractivity contribution is 7.16. The van der Waals surface area contributed by atoms with Crippen molar-refractivity contribution >= 4 is 22.3 Å². The molecule has 0 saturated carbocycles. The molecule has 1 heterocycles. The fourth-order valence-electron chi connectivity index (χ4n) is 3.14. The fourth-order valence-corrected chi connectivity index (χ4v) is 4.41. The molecular weight excluding hydrogens is 322 g/mol. The minimum absolute atomic E-state index is 0.243. The van der Waals surface area contributed by atoms with E-state index in [0.29, 0.717) is 18.7 Å². The van der Waals surface area contributed by atoms with Gasteiger partial charge >= 0.3 is 5.97 Å². The van der Waals surface area contributed by atoms with Gasteiger partial charge in [0.05, 0.1) is 12.2 Å². The molecule has 24 heavy (non-hydrogen) atoms. The predicted molar refractivity (Wildman–Crippen MR) is 97.1 cm³/mol. The number of anilines is 1. The second kappa shape index (κ2) is 7.26. The van der Waals surface area contributed by atoms with Crippen LogP contribution in [0.4, 0.5) is 5.00 Å². The Morgan fingerprint density at radius 2 is 2.12 bits per heavy atom. The van der Waals surface area contributed by atoms with Crippen molar-refractivity contribution in [3.05, 3.63) is 45.3 Å². The van der Waals surface area contributed by atoms with Crippen LogP contribution in [0, 0.1) is 6.92 Å². The first kappa shape index (κ1) is 16.8. The van der Waals surface area contributed by atoms with Crippen molar-refractivity contribution in [2.75, 3.05) is 11.9 Å². The van der Waals surface area contributed by atoms with E-state index in [4.69, 9.17) is 4.74 Å². The van der Waals surface area contributed by atoms with Crippen LogP contribution in [-0.2, 0) is 24.1 Å². The van der Waals surface area contributed by atoms with E-state index in [1.54, 1.807) is 17.4 Å². The maximum Gasteiger partial charge on any atom is 0.341 e. The van der Waals surface area contributed by atoms with Crippen molar-refractivity contribution in [1.82, 2.24) is 0 Å². The van der Waals surface area contributed by atoms with Crippen LogP contribution in [0.3, 0.4) is 0 Å². The van der Waals surface area contributed by atoms with E-state index in [1.807, 2.05) is 26.0 Å². The molecule has 1 aromatic heterocycles. The normalized spacial score (nSPS) is 13.4. The third kappa shape index (κ3) is 3.41. The molecule has 0 amide bonds. The van der Waals surface area contributed by atoms with Crippen LogP contribution < -0.4 is 5.32 Å². The van der Waals surface area contributed by atoms with E-state index in [-0.39, 0.29) is 11.7 Å². The van der Waals surface area contributed by atoms with Crippen molar-refractivity contribution in [3.63, 3.8) is 0 Å². The Hall–Kier alpha value is -2.01. The van der Waals surface area contributed by atoms with E-state index >= 15 is 0 Å². The molecule has 2 aromatic rings. The molecule has 0 aliphatic heterocycles. The number of carbonyl (C=O) groups excluding carboxylic acids is 1. The zero-order valence-electron chi connectivity index (χ0n) is 14.1. The van der Waals surface area contributed by atoms with E-state index < -0.39 is 0 Å². The lowest BCUT2D eigenvalue weighted by molar-refractivity contribution is 0.0526. The van der Waals surface area contributed by atoms with Crippen LogP contribution in [0.15, 0.2) is 18.2 Å². The Kier molecular flexibility index (Phi) is 5.09. The number of aromatic hydroxyl groups is 1. The largest absolute Gasteiger partial charge is 0.508 e. The van der Waals surface area contributed by atoms with Gasteiger partial charge in [0, 0.05) is 17.0 Å². The molecule has 1 aliphatic rings. The molecular formula is C19H23NO3S. The van der Waals surface area contributed by atoms with Crippen LogP contribution in [0.1, 0.15) is 51.7 Å². The van der Waals surface area contributed by atoms with Crippen molar-refractivity contribution < 1.29 is 14.6 Å². The lowest BCUT2D eigenvalue weighted by Crippen LogP contribution is -2.11. The smallest absolute Gasteiger partial charge is 0.341 e. The van der Waals surface area contributed by atoms with Gasteiger partial charge in [0.15, 0.2) is 0 Å². The Bertz CT molecular complexity index is 751. The topological polar surface area (TPSA) is 58.6 Å². The first-order valence-corrected chi connectivity index (χ1v) is 9.25. The first-order chi connectivity index (χ1) is 11.6. The van der Waals surface area contributed by atoms with Gasteiger partial charge in [-0.15, -0.1) is 11.3 Å². The highest BCUT2D eigenvalue weighted by atomic mass is 32.1. The number of rotatable bonds is 5. The van der Waals surface area contributed by atoms with Gasteiger partial charge in [0.2, 0.25) is 0 Å². The van der Waals surface area contributed by atoms with E-state index in [2.05, 4.69) is 5.32 Å².